The van der Waals surface area contributed by atoms with Crippen molar-refractivity contribution in [2.24, 2.45) is 0 Å². The molecule has 30 heavy (non-hydrogen) atoms. The molecule has 0 radical (unpaired) electrons. The van der Waals surface area contributed by atoms with E-state index in [1.54, 1.807) is 11.0 Å². The van der Waals surface area contributed by atoms with Crippen LogP contribution in [0, 0.1) is 11.3 Å². The van der Waals surface area contributed by atoms with E-state index in [0.717, 1.165) is 24.1 Å². The zero-order valence-electron chi connectivity index (χ0n) is 16.6. The number of hydrogen-bond acceptors (Lipinski definition) is 3. The van der Waals surface area contributed by atoms with Crippen molar-refractivity contribution in [3.63, 3.8) is 0 Å². The molecule has 1 heterocycles. The molecule has 1 fully saturated rings. The number of benzene rings is 2. The Balaban J connectivity index is 1.65. The predicted molar refractivity (Wildman–Crippen MR) is 118 cm³/mol. The highest BCUT2D eigenvalue weighted by atomic mass is 35.5. The fraction of sp³-hybridized carbons (Fsp3) is 0.348. The zero-order chi connectivity index (χ0) is 21.5. The molecule has 7 heteroatoms. The van der Waals surface area contributed by atoms with E-state index in [4.69, 9.17) is 28.5 Å². The SMILES string of the molecule is N#CCCN(C(=O)CCC(=O)N1CCCC1c1ccc(Cl)c(Cl)c1)c1ccccc1. The van der Waals surface area contributed by atoms with Gasteiger partial charge < -0.3 is 9.80 Å². The molecule has 2 amide bonds. The van der Waals surface area contributed by atoms with E-state index in [1.165, 1.54) is 0 Å². The van der Waals surface area contributed by atoms with Crippen molar-refractivity contribution in [2.45, 2.75) is 38.1 Å². The van der Waals surface area contributed by atoms with Gasteiger partial charge in [0.25, 0.3) is 0 Å². The van der Waals surface area contributed by atoms with Crippen molar-refractivity contribution in [2.75, 3.05) is 18.0 Å². The quantitative estimate of drug-likeness (QED) is 0.576. The fourth-order valence-electron chi connectivity index (χ4n) is 3.79. The summed E-state index contributed by atoms with van der Waals surface area (Å²) in [6, 6.07) is 16.7. The molecule has 156 valence electrons. The molecule has 2 aromatic rings. The Morgan fingerprint density at radius 1 is 1.10 bits per heavy atom. The minimum absolute atomic E-state index is 0.0498. The number of para-hydroxylation sites is 1. The van der Waals surface area contributed by atoms with Gasteiger partial charge in [0.2, 0.25) is 11.8 Å². The maximum absolute atomic E-state index is 12.9. The van der Waals surface area contributed by atoms with E-state index < -0.39 is 0 Å². The minimum Gasteiger partial charge on any atom is -0.336 e. The third kappa shape index (κ3) is 5.33. The van der Waals surface area contributed by atoms with Crippen molar-refractivity contribution in [3.8, 4) is 6.07 Å². The lowest BCUT2D eigenvalue weighted by molar-refractivity contribution is -0.134. The number of carbonyl (C=O) groups excluding carboxylic acids is 2. The van der Waals surface area contributed by atoms with E-state index in [2.05, 4.69) is 6.07 Å². The summed E-state index contributed by atoms with van der Waals surface area (Å²) in [5, 5.41) is 9.87. The molecule has 0 aromatic heterocycles. The van der Waals surface area contributed by atoms with Gasteiger partial charge in [-0.1, -0.05) is 47.5 Å². The first-order chi connectivity index (χ1) is 14.5. The van der Waals surface area contributed by atoms with Crippen LogP contribution in [0.5, 0.6) is 0 Å². The summed E-state index contributed by atoms with van der Waals surface area (Å²) in [5.41, 5.74) is 1.70. The largest absolute Gasteiger partial charge is 0.336 e. The molecule has 2 aromatic carbocycles. The Bertz CT molecular complexity index is 943. The van der Waals surface area contributed by atoms with E-state index >= 15 is 0 Å². The monoisotopic (exact) mass is 443 g/mol. The summed E-state index contributed by atoms with van der Waals surface area (Å²) in [4.78, 5) is 29.1. The smallest absolute Gasteiger partial charge is 0.227 e. The number of hydrogen-bond donors (Lipinski definition) is 0. The highest BCUT2D eigenvalue weighted by Crippen LogP contribution is 2.35. The van der Waals surface area contributed by atoms with Crippen LogP contribution in [0.25, 0.3) is 0 Å². The molecular formula is C23H23Cl2N3O2. The topological polar surface area (TPSA) is 64.4 Å². The third-order valence-corrected chi connectivity index (χ3v) is 6.01. The second-order valence-electron chi connectivity index (χ2n) is 7.21. The first-order valence-electron chi connectivity index (χ1n) is 9.98. The van der Waals surface area contributed by atoms with Crippen molar-refractivity contribution >= 4 is 40.7 Å². The van der Waals surface area contributed by atoms with Crippen LogP contribution in [0.3, 0.4) is 0 Å². The number of halogens is 2. The van der Waals surface area contributed by atoms with Gasteiger partial charge in [-0.05, 0) is 42.7 Å². The van der Waals surface area contributed by atoms with Gasteiger partial charge >= 0.3 is 0 Å². The summed E-state index contributed by atoms with van der Waals surface area (Å²) < 4.78 is 0. The molecular weight excluding hydrogens is 421 g/mol. The van der Waals surface area contributed by atoms with Gasteiger partial charge in [0.05, 0.1) is 28.6 Å². The van der Waals surface area contributed by atoms with Gasteiger partial charge in [-0.3, -0.25) is 9.59 Å². The van der Waals surface area contributed by atoms with Crippen LogP contribution < -0.4 is 4.90 Å². The summed E-state index contributed by atoms with van der Waals surface area (Å²) in [7, 11) is 0. The number of amides is 2. The summed E-state index contributed by atoms with van der Waals surface area (Å²) >= 11 is 12.2. The van der Waals surface area contributed by atoms with Crippen LogP contribution >= 0.6 is 23.2 Å². The lowest BCUT2D eigenvalue weighted by Gasteiger charge is -2.26. The Morgan fingerprint density at radius 2 is 1.87 bits per heavy atom. The summed E-state index contributed by atoms with van der Waals surface area (Å²) in [6.45, 7) is 0.970. The van der Waals surface area contributed by atoms with Gasteiger partial charge in [-0.15, -0.1) is 0 Å². The van der Waals surface area contributed by atoms with Gasteiger partial charge in [0.1, 0.15) is 0 Å². The Labute approximate surface area is 186 Å². The van der Waals surface area contributed by atoms with Gasteiger partial charge in [0.15, 0.2) is 0 Å². The average Bonchev–Trinajstić information content (AvgIpc) is 3.25. The molecule has 1 atom stereocenters. The van der Waals surface area contributed by atoms with Gasteiger partial charge in [-0.25, -0.2) is 0 Å². The van der Waals surface area contributed by atoms with E-state index in [-0.39, 0.29) is 37.1 Å². The van der Waals surface area contributed by atoms with Crippen molar-refractivity contribution in [1.29, 1.82) is 5.26 Å². The number of anilines is 1. The zero-order valence-corrected chi connectivity index (χ0v) is 18.1. The number of carbonyl (C=O) groups is 2. The lowest BCUT2D eigenvalue weighted by Crippen LogP contribution is -2.34. The standard InChI is InChI=1S/C23H23Cl2N3O2/c24-19-10-9-17(16-20(19)25)21-8-4-14-28(21)23(30)12-11-22(29)27(15-5-13-26)18-6-2-1-3-7-18/h1-3,6-7,9-10,16,21H,4-5,8,11-12,14-15H2. The second-order valence-corrected chi connectivity index (χ2v) is 8.02. The molecule has 0 bridgehead atoms. The highest BCUT2D eigenvalue weighted by molar-refractivity contribution is 6.42. The van der Waals surface area contributed by atoms with Crippen LogP contribution in [0.1, 0.15) is 43.7 Å². The molecule has 1 saturated heterocycles. The van der Waals surface area contributed by atoms with Crippen LogP contribution in [-0.2, 0) is 9.59 Å². The summed E-state index contributed by atoms with van der Waals surface area (Å²) in [6.07, 6.45) is 2.23. The van der Waals surface area contributed by atoms with Crippen molar-refractivity contribution < 1.29 is 9.59 Å². The Hall–Kier alpha value is -2.55. The van der Waals surface area contributed by atoms with E-state index in [0.29, 0.717) is 23.1 Å². The normalized spacial score (nSPS) is 15.6. The molecule has 5 nitrogen and oxygen atoms in total. The average molecular weight is 444 g/mol. The van der Waals surface area contributed by atoms with Crippen molar-refractivity contribution in [3.05, 3.63) is 64.1 Å². The Kier molecular flexibility index (Phi) is 7.73. The molecule has 0 N–H and O–H groups in total. The van der Waals surface area contributed by atoms with Gasteiger partial charge in [-0.2, -0.15) is 5.26 Å². The molecule has 1 unspecified atom stereocenters. The van der Waals surface area contributed by atoms with Gasteiger partial charge in [0, 0.05) is 31.6 Å². The highest BCUT2D eigenvalue weighted by Gasteiger charge is 2.30. The van der Waals surface area contributed by atoms with Crippen LogP contribution in [-0.4, -0.2) is 29.8 Å². The molecule has 3 rings (SSSR count). The fourth-order valence-corrected chi connectivity index (χ4v) is 4.10. The maximum Gasteiger partial charge on any atom is 0.227 e. The van der Waals surface area contributed by atoms with Crippen LogP contribution in [0.2, 0.25) is 10.0 Å². The molecule has 0 spiro atoms. The first-order valence-corrected chi connectivity index (χ1v) is 10.7. The molecule has 1 aliphatic rings. The van der Waals surface area contributed by atoms with Crippen LogP contribution in [0.15, 0.2) is 48.5 Å². The molecule has 1 aliphatic heterocycles. The van der Waals surface area contributed by atoms with Crippen LogP contribution in [0.4, 0.5) is 5.69 Å². The lowest BCUT2D eigenvalue weighted by atomic mass is 10.0. The third-order valence-electron chi connectivity index (χ3n) is 5.27. The number of likely N-dealkylation sites (tertiary alicyclic amines) is 1. The number of rotatable bonds is 7. The van der Waals surface area contributed by atoms with E-state index in [1.807, 2.05) is 47.4 Å². The van der Waals surface area contributed by atoms with Crippen molar-refractivity contribution in [1.82, 2.24) is 4.90 Å². The summed E-state index contributed by atoms with van der Waals surface area (Å²) in [5.74, 6) is -0.208. The number of nitrogens with zero attached hydrogens (tertiary/aromatic N) is 3. The second kappa shape index (κ2) is 10.5. The first kappa shape index (κ1) is 22.1. The number of nitriles is 1. The minimum atomic E-state index is -0.157. The molecule has 0 aliphatic carbocycles. The predicted octanol–water partition coefficient (Wildman–Crippen LogP) is 5.38. The Morgan fingerprint density at radius 3 is 2.57 bits per heavy atom. The molecule has 0 saturated carbocycles. The maximum atomic E-state index is 12.9. The van der Waals surface area contributed by atoms with E-state index in [9.17, 15) is 9.59 Å².